The Morgan fingerprint density at radius 2 is 2.00 bits per heavy atom. The normalized spacial score (nSPS) is 10.8. The predicted molar refractivity (Wildman–Crippen MR) is 73.9 cm³/mol. The van der Waals surface area contributed by atoms with E-state index in [0.29, 0.717) is 5.82 Å². The average molecular weight is 281 g/mol. The molecule has 0 unspecified atom stereocenters. The minimum absolute atomic E-state index is 0.553. The highest BCUT2D eigenvalue weighted by Gasteiger charge is 2.12. The molecule has 2 aromatic rings. The van der Waals surface area contributed by atoms with Crippen LogP contribution in [0.4, 0.5) is 5.82 Å². The average Bonchev–Trinajstić information content (AvgIpc) is 2.71. The quantitative estimate of drug-likeness (QED) is 0.868. The minimum atomic E-state index is 0.553. The zero-order valence-electron chi connectivity index (χ0n) is 10.6. The van der Waals surface area contributed by atoms with Crippen molar-refractivity contribution in [1.82, 2.24) is 19.3 Å². The van der Waals surface area contributed by atoms with Crippen LogP contribution in [0.15, 0.2) is 9.37 Å². The van der Waals surface area contributed by atoms with Crippen molar-refractivity contribution in [2.75, 3.05) is 5.73 Å². The molecular formula is C11H15N5S2. The van der Waals surface area contributed by atoms with E-state index in [1.807, 2.05) is 13.8 Å². The van der Waals surface area contributed by atoms with Crippen LogP contribution in [0.25, 0.3) is 0 Å². The van der Waals surface area contributed by atoms with Gasteiger partial charge in [0.2, 0.25) is 0 Å². The van der Waals surface area contributed by atoms with Gasteiger partial charge in [-0.15, -0.1) is 0 Å². The SMILES string of the molecule is CCCc1nc(N)c(C)c(Sc2nc(C)ns2)n1. The van der Waals surface area contributed by atoms with E-state index in [2.05, 4.69) is 26.2 Å². The molecule has 2 rings (SSSR count). The van der Waals surface area contributed by atoms with Crippen LogP contribution in [-0.2, 0) is 6.42 Å². The van der Waals surface area contributed by atoms with Crippen LogP contribution < -0.4 is 5.73 Å². The number of aromatic nitrogens is 4. The monoisotopic (exact) mass is 281 g/mol. The smallest absolute Gasteiger partial charge is 0.176 e. The van der Waals surface area contributed by atoms with Crippen molar-refractivity contribution < 1.29 is 0 Å². The van der Waals surface area contributed by atoms with Gasteiger partial charge >= 0.3 is 0 Å². The molecule has 7 heteroatoms. The van der Waals surface area contributed by atoms with Gasteiger partial charge in [-0.1, -0.05) is 6.92 Å². The largest absolute Gasteiger partial charge is 0.383 e. The lowest BCUT2D eigenvalue weighted by molar-refractivity contribution is 0.805. The molecule has 0 saturated heterocycles. The van der Waals surface area contributed by atoms with Crippen molar-refractivity contribution in [3.63, 3.8) is 0 Å². The fraction of sp³-hybridized carbons (Fsp3) is 0.455. The molecule has 2 N–H and O–H groups in total. The second kappa shape index (κ2) is 5.62. The third-order valence-corrected chi connectivity index (χ3v) is 4.28. The molecule has 18 heavy (non-hydrogen) atoms. The molecule has 96 valence electrons. The number of nitrogens with two attached hydrogens (primary N) is 1. The number of anilines is 1. The van der Waals surface area contributed by atoms with E-state index in [1.165, 1.54) is 23.3 Å². The molecule has 0 aliphatic carbocycles. The molecule has 0 radical (unpaired) electrons. The Hall–Kier alpha value is -1.21. The summed E-state index contributed by atoms with van der Waals surface area (Å²) in [6, 6.07) is 0. The summed E-state index contributed by atoms with van der Waals surface area (Å²) >= 11 is 2.88. The Kier molecular flexibility index (Phi) is 4.13. The van der Waals surface area contributed by atoms with Gasteiger partial charge in [0, 0.05) is 12.0 Å². The summed E-state index contributed by atoms with van der Waals surface area (Å²) in [5.41, 5.74) is 6.82. The molecule has 2 aromatic heterocycles. The van der Waals surface area contributed by atoms with E-state index in [0.717, 1.165) is 39.4 Å². The summed E-state index contributed by atoms with van der Waals surface area (Å²) < 4.78 is 5.04. The molecule has 0 aliphatic heterocycles. The van der Waals surface area contributed by atoms with Gasteiger partial charge in [-0.25, -0.2) is 15.0 Å². The fourth-order valence-electron chi connectivity index (χ4n) is 1.40. The highest BCUT2D eigenvalue weighted by molar-refractivity contribution is 8.00. The van der Waals surface area contributed by atoms with Crippen molar-refractivity contribution in [1.29, 1.82) is 0 Å². The molecule has 0 aromatic carbocycles. The van der Waals surface area contributed by atoms with Crippen molar-refractivity contribution in [3.8, 4) is 0 Å². The van der Waals surface area contributed by atoms with Gasteiger partial charge in [0.05, 0.1) is 0 Å². The number of hydrogen-bond donors (Lipinski definition) is 1. The Bertz CT molecular complexity index is 552. The second-order valence-electron chi connectivity index (χ2n) is 3.91. The Morgan fingerprint density at radius 3 is 2.61 bits per heavy atom. The lowest BCUT2D eigenvalue weighted by atomic mass is 10.3. The summed E-state index contributed by atoms with van der Waals surface area (Å²) in [5, 5.41) is 0.877. The summed E-state index contributed by atoms with van der Waals surface area (Å²) in [7, 11) is 0. The number of aryl methyl sites for hydroxylation is 2. The third-order valence-electron chi connectivity index (χ3n) is 2.35. The summed E-state index contributed by atoms with van der Waals surface area (Å²) in [6.45, 7) is 5.91. The highest BCUT2D eigenvalue weighted by atomic mass is 32.2. The van der Waals surface area contributed by atoms with Crippen molar-refractivity contribution in [2.45, 2.75) is 43.0 Å². The van der Waals surface area contributed by atoms with Crippen LogP contribution in [0.2, 0.25) is 0 Å². The van der Waals surface area contributed by atoms with Crippen LogP contribution in [0.3, 0.4) is 0 Å². The van der Waals surface area contributed by atoms with Gasteiger partial charge < -0.3 is 5.73 Å². The highest BCUT2D eigenvalue weighted by Crippen LogP contribution is 2.31. The topological polar surface area (TPSA) is 77.6 Å². The zero-order valence-corrected chi connectivity index (χ0v) is 12.2. The number of rotatable bonds is 4. The zero-order chi connectivity index (χ0) is 13.1. The Morgan fingerprint density at radius 1 is 1.22 bits per heavy atom. The molecule has 2 heterocycles. The first-order chi connectivity index (χ1) is 8.60. The molecule has 0 amide bonds. The molecule has 0 atom stereocenters. The molecule has 0 fully saturated rings. The predicted octanol–water partition coefficient (Wildman–Crippen LogP) is 2.63. The Labute approximate surface area is 114 Å². The van der Waals surface area contributed by atoms with Crippen molar-refractivity contribution >= 4 is 29.1 Å². The molecule has 5 nitrogen and oxygen atoms in total. The first kappa shape index (κ1) is 13.2. The maximum Gasteiger partial charge on any atom is 0.176 e. The van der Waals surface area contributed by atoms with Crippen LogP contribution >= 0.6 is 23.3 Å². The van der Waals surface area contributed by atoms with E-state index >= 15 is 0 Å². The minimum Gasteiger partial charge on any atom is -0.383 e. The van der Waals surface area contributed by atoms with Gasteiger partial charge in [-0.3, -0.25) is 0 Å². The van der Waals surface area contributed by atoms with Crippen molar-refractivity contribution in [2.24, 2.45) is 0 Å². The Balaban J connectivity index is 2.31. The van der Waals surface area contributed by atoms with E-state index < -0.39 is 0 Å². The van der Waals surface area contributed by atoms with Crippen LogP contribution in [0.1, 0.15) is 30.6 Å². The number of hydrogen-bond acceptors (Lipinski definition) is 7. The van der Waals surface area contributed by atoms with Crippen LogP contribution in [-0.4, -0.2) is 19.3 Å². The van der Waals surface area contributed by atoms with Gasteiger partial charge in [-0.2, -0.15) is 4.37 Å². The van der Waals surface area contributed by atoms with E-state index in [9.17, 15) is 0 Å². The lowest BCUT2D eigenvalue weighted by Crippen LogP contribution is -2.04. The molecule has 0 bridgehead atoms. The van der Waals surface area contributed by atoms with Crippen LogP contribution in [0.5, 0.6) is 0 Å². The first-order valence-corrected chi connectivity index (χ1v) is 7.30. The van der Waals surface area contributed by atoms with Gasteiger partial charge in [0.1, 0.15) is 22.5 Å². The molecule has 0 aliphatic rings. The number of nitrogen functional groups attached to an aromatic ring is 1. The molecule has 0 saturated carbocycles. The molecule has 0 spiro atoms. The van der Waals surface area contributed by atoms with Gasteiger partial charge in [0.25, 0.3) is 0 Å². The van der Waals surface area contributed by atoms with Gasteiger partial charge in [0.15, 0.2) is 4.34 Å². The van der Waals surface area contributed by atoms with E-state index in [4.69, 9.17) is 5.73 Å². The molecular weight excluding hydrogens is 266 g/mol. The van der Waals surface area contributed by atoms with Crippen molar-refractivity contribution in [3.05, 3.63) is 17.2 Å². The summed E-state index contributed by atoms with van der Waals surface area (Å²) in [6.07, 6.45) is 1.84. The van der Waals surface area contributed by atoms with E-state index in [1.54, 1.807) is 0 Å². The van der Waals surface area contributed by atoms with Crippen LogP contribution in [0, 0.1) is 13.8 Å². The van der Waals surface area contributed by atoms with Gasteiger partial charge in [-0.05, 0) is 43.6 Å². The summed E-state index contributed by atoms with van der Waals surface area (Å²) in [5.74, 6) is 2.14. The van der Waals surface area contributed by atoms with E-state index in [-0.39, 0.29) is 0 Å². The lowest BCUT2D eigenvalue weighted by Gasteiger charge is -2.07. The number of nitrogens with zero attached hydrogens (tertiary/aromatic N) is 4. The third kappa shape index (κ3) is 2.97. The first-order valence-electron chi connectivity index (χ1n) is 5.71. The maximum absolute atomic E-state index is 5.91. The standard InChI is InChI=1S/C11H15N5S2/c1-4-5-8-14-9(12)6(2)10(15-8)17-11-13-7(3)16-18-11/h4-5H2,1-3H3,(H2,12,14,15). The maximum atomic E-state index is 5.91. The second-order valence-corrected chi connectivity index (χ2v) is 5.90. The fourth-order valence-corrected chi connectivity index (χ4v) is 3.07. The summed E-state index contributed by atoms with van der Waals surface area (Å²) in [4.78, 5) is 13.2.